The van der Waals surface area contributed by atoms with Crippen LogP contribution in [0.4, 0.5) is 17.1 Å². The lowest BCUT2D eigenvalue weighted by Gasteiger charge is -2.14. The van der Waals surface area contributed by atoms with Crippen LogP contribution in [0.1, 0.15) is 12.5 Å². The molecule has 10 nitrogen and oxygen atoms in total. The van der Waals surface area contributed by atoms with Crippen LogP contribution < -0.4 is 15.3 Å². The van der Waals surface area contributed by atoms with Gasteiger partial charge in [-0.15, -0.1) is 0 Å². The number of ether oxygens (including phenoxy) is 1. The molecule has 1 N–H and O–H groups in total. The predicted molar refractivity (Wildman–Crippen MR) is 88.0 cm³/mol. The highest BCUT2D eigenvalue weighted by molar-refractivity contribution is 5.83. The Morgan fingerprint density at radius 2 is 1.84 bits per heavy atom. The van der Waals surface area contributed by atoms with Crippen molar-refractivity contribution in [2.24, 2.45) is 5.10 Å². The monoisotopic (exact) mass is 345 g/mol. The van der Waals surface area contributed by atoms with Crippen LogP contribution in [0.3, 0.4) is 0 Å². The largest absolute Gasteiger partial charge is 0.865 e. The summed E-state index contributed by atoms with van der Waals surface area (Å²) < 4.78 is 5.11. The molecule has 0 atom stereocenters. The summed E-state index contributed by atoms with van der Waals surface area (Å²) in [5.41, 5.74) is 2.75. The Morgan fingerprint density at radius 3 is 2.40 bits per heavy atom. The molecular weight excluding hydrogens is 332 g/mol. The molecule has 0 amide bonds. The van der Waals surface area contributed by atoms with Gasteiger partial charge in [0, 0.05) is 29.5 Å². The van der Waals surface area contributed by atoms with Gasteiger partial charge >= 0.3 is 0 Å². The van der Waals surface area contributed by atoms with Crippen molar-refractivity contribution >= 4 is 23.3 Å². The fraction of sp³-hybridized carbons (Fsp3) is 0.133. The summed E-state index contributed by atoms with van der Waals surface area (Å²) in [7, 11) is 0. The number of nitrogens with zero attached hydrogens (tertiary/aromatic N) is 3. The van der Waals surface area contributed by atoms with Crippen molar-refractivity contribution in [3.8, 4) is 11.5 Å². The van der Waals surface area contributed by atoms with Crippen LogP contribution in [0, 0.1) is 20.2 Å². The van der Waals surface area contributed by atoms with E-state index in [0.29, 0.717) is 11.3 Å². The number of rotatable bonds is 7. The quantitative estimate of drug-likeness (QED) is 0.461. The van der Waals surface area contributed by atoms with Crippen molar-refractivity contribution in [3.63, 3.8) is 0 Å². The second-order valence-electron chi connectivity index (χ2n) is 4.73. The van der Waals surface area contributed by atoms with Crippen molar-refractivity contribution < 1.29 is 19.7 Å². The first-order chi connectivity index (χ1) is 11.9. The first kappa shape index (κ1) is 17.7. The number of anilines is 1. The summed E-state index contributed by atoms with van der Waals surface area (Å²) in [6.07, 6.45) is 1.27. The molecule has 0 saturated heterocycles. The molecule has 2 aromatic carbocycles. The van der Waals surface area contributed by atoms with Crippen molar-refractivity contribution in [2.45, 2.75) is 6.92 Å². The molecule has 0 aromatic heterocycles. The van der Waals surface area contributed by atoms with E-state index >= 15 is 0 Å². The lowest BCUT2D eigenvalue weighted by Crippen LogP contribution is -2.04. The van der Waals surface area contributed by atoms with Crippen molar-refractivity contribution in [1.29, 1.82) is 0 Å². The van der Waals surface area contributed by atoms with Crippen LogP contribution in [0.5, 0.6) is 11.5 Å². The van der Waals surface area contributed by atoms with E-state index in [1.807, 2.05) is 0 Å². The smallest absolute Gasteiger partial charge is 0.269 e. The lowest BCUT2D eigenvalue weighted by molar-refractivity contribution is -0.398. The first-order valence-corrected chi connectivity index (χ1v) is 7.08. The Balaban J connectivity index is 2.19. The van der Waals surface area contributed by atoms with E-state index in [1.165, 1.54) is 36.5 Å². The van der Waals surface area contributed by atoms with E-state index in [1.54, 1.807) is 6.92 Å². The van der Waals surface area contributed by atoms with E-state index in [0.717, 1.165) is 6.07 Å². The minimum atomic E-state index is -0.799. The van der Waals surface area contributed by atoms with Gasteiger partial charge in [0.25, 0.3) is 11.4 Å². The molecule has 2 rings (SSSR count). The van der Waals surface area contributed by atoms with Gasteiger partial charge in [0.05, 0.1) is 28.4 Å². The molecule has 0 aliphatic rings. The second-order valence-corrected chi connectivity index (χ2v) is 4.73. The molecule has 0 radical (unpaired) electrons. The maximum absolute atomic E-state index is 11.9. The van der Waals surface area contributed by atoms with Crippen LogP contribution >= 0.6 is 0 Å². The van der Waals surface area contributed by atoms with Gasteiger partial charge in [-0.05, 0) is 25.1 Å². The van der Waals surface area contributed by atoms with Gasteiger partial charge in [-0.2, -0.15) is 5.10 Å². The van der Waals surface area contributed by atoms with Crippen LogP contribution in [0.15, 0.2) is 41.5 Å². The number of nitro groups is 2. The van der Waals surface area contributed by atoms with Gasteiger partial charge in [0.15, 0.2) is 0 Å². The van der Waals surface area contributed by atoms with Crippen LogP contribution in [0.2, 0.25) is 0 Å². The second kappa shape index (κ2) is 7.73. The molecule has 25 heavy (non-hydrogen) atoms. The molecule has 0 aliphatic heterocycles. The zero-order valence-electron chi connectivity index (χ0n) is 13.0. The average molecular weight is 345 g/mol. The molecule has 0 unspecified atom stereocenters. The topological polar surface area (TPSA) is 143 Å². The number of nitro benzene ring substituents is 2. The summed E-state index contributed by atoms with van der Waals surface area (Å²) in [5.74, 6) is -0.930. The number of hydrazone groups is 1. The zero-order chi connectivity index (χ0) is 18.4. The molecule has 0 heterocycles. The zero-order valence-corrected chi connectivity index (χ0v) is 13.0. The number of benzene rings is 2. The predicted octanol–water partition coefficient (Wildman–Crippen LogP) is 2.42. The molecule has 10 heteroatoms. The Bertz CT molecular complexity index is 820. The third-order valence-electron chi connectivity index (χ3n) is 3.04. The highest BCUT2D eigenvalue weighted by Gasteiger charge is 2.13. The third-order valence-corrected chi connectivity index (χ3v) is 3.04. The standard InChI is InChI=1S/C15H14N4O6/c1-2-25-14-8-10(7-13(15(14)20)19(23)24)9-16-17-11-3-5-12(6-4-11)18(21)22/h3-9,17,20H,2H2,1H3/p-1/b16-9-. The van der Waals surface area contributed by atoms with E-state index in [4.69, 9.17) is 4.74 Å². The van der Waals surface area contributed by atoms with E-state index in [-0.39, 0.29) is 18.0 Å². The van der Waals surface area contributed by atoms with Gasteiger partial charge in [-0.3, -0.25) is 25.7 Å². The Labute approximate surface area is 141 Å². The normalized spacial score (nSPS) is 10.6. The molecule has 0 aliphatic carbocycles. The summed E-state index contributed by atoms with van der Waals surface area (Å²) in [6.45, 7) is 1.84. The number of hydrogen-bond donors (Lipinski definition) is 1. The summed E-state index contributed by atoms with van der Waals surface area (Å²) in [6, 6.07) is 7.98. The van der Waals surface area contributed by atoms with E-state index in [2.05, 4.69) is 10.5 Å². The van der Waals surface area contributed by atoms with Gasteiger partial charge in [0.1, 0.15) is 5.75 Å². The van der Waals surface area contributed by atoms with Crippen molar-refractivity contribution in [1.82, 2.24) is 0 Å². The average Bonchev–Trinajstić information content (AvgIpc) is 2.58. The molecule has 130 valence electrons. The highest BCUT2D eigenvalue weighted by Crippen LogP contribution is 2.34. The summed E-state index contributed by atoms with van der Waals surface area (Å²) >= 11 is 0. The maximum Gasteiger partial charge on any atom is 0.269 e. The van der Waals surface area contributed by atoms with Gasteiger partial charge < -0.3 is 9.84 Å². The highest BCUT2D eigenvalue weighted by atomic mass is 16.6. The minimum absolute atomic E-state index is 0.0578. The van der Waals surface area contributed by atoms with Gasteiger partial charge in [-0.25, -0.2) is 0 Å². The lowest BCUT2D eigenvalue weighted by atomic mass is 10.2. The van der Waals surface area contributed by atoms with Crippen molar-refractivity contribution in [3.05, 3.63) is 62.2 Å². The fourth-order valence-corrected chi connectivity index (χ4v) is 1.92. The van der Waals surface area contributed by atoms with Crippen LogP contribution in [-0.4, -0.2) is 22.7 Å². The maximum atomic E-state index is 11.9. The van der Waals surface area contributed by atoms with Crippen LogP contribution in [-0.2, 0) is 0 Å². The fourth-order valence-electron chi connectivity index (χ4n) is 1.92. The molecule has 0 bridgehead atoms. The first-order valence-electron chi connectivity index (χ1n) is 7.08. The number of nitrogens with one attached hydrogen (secondary N) is 1. The van der Waals surface area contributed by atoms with E-state index < -0.39 is 21.3 Å². The van der Waals surface area contributed by atoms with Gasteiger partial charge in [0.2, 0.25) is 0 Å². The summed E-state index contributed by atoms with van der Waals surface area (Å²) in [4.78, 5) is 20.2. The third kappa shape index (κ3) is 4.41. The van der Waals surface area contributed by atoms with Crippen molar-refractivity contribution in [2.75, 3.05) is 12.0 Å². The molecule has 0 fully saturated rings. The number of hydrogen-bond acceptors (Lipinski definition) is 8. The summed E-state index contributed by atoms with van der Waals surface area (Å²) in [5, 5.41) is 37.3. The van der Waals surface area contributed by atoms with E-state index in [9.17, 15) is 25.3 Å². The Hall–Kier alpha value is -3.69. The van der Waals surface area contributed by atoms with Gasteiger partial charge in [-0.1, -0.05) is 0 Å². The molecule has 2 aromatic rings. The number of non-ortho nitro benzene ring substituents is 1. The molecular formula is C15H13N4O6-. The Morgan fingerprint density at radius 1 is 1.16 bits per heavy atom. The SMILES string of the molecule is CCOc1cc(/C=N\Nc2ccc([N+](=O)[O-])cc2)cc([N+](=O)[O-])c1[O-]. The minimum Gasteiger partial charge on any atom is -0.865 e. The molecule has 0 spiro atoms. The Kier molecular flexibility index (Phi) is 5.46. The molecule has 0 saturated carbocycles. The van der Waals surface area contributed by atoms with Crippen LogP contribution in [0.25, 0.3) is 0 Å².